The van der Waals surface area contributed by atoms with Crippen molar-refractivity contribution in [1.82, 2.24) is 0 Å². The highest BCUT2D eigenvalue weighted by Gasteiger charge is 2.34. The molecule has 0 N–H and O–H groups in total. The van der Waals surface area contributed by atoms with Crippen molar-refractivity contribution in [2.45, 2.75) is 12.8 Å². The fraction of sp³-hybridized carbons (Fsp3) is 0.500. The SMILES string of the molecule is ClCC1(Cc2ccc(Cl)cc2)CCOC1. The minimum Gasteiger partial charge on any atom is -0.381 e. The topological polar surface area (TPSA) is 9.23 Å². The number of hydrogen-bond donors (Lipinski definition) is 0. The molecule has 0 aliphatic carbocycles. The van der Waals surface area contributed by atoms with E-state index in [2.05, 4.69) is 12.1 Å². The van der Waals surface area contributed by atoms with Crippen LogP contribution >= 0.6 is 23.2 Å². The van der Waals surface area contributed by atoms with Crippen molar-refractivity contribution in [3.8, 4) is 0 Å². The van der Waals surface area contributed by atoms with E-state index >= 15 is 0 Å². The second-order valence-electron chi connectivity index (χ2n) is 4.24. The Balaban J connectivity index is 2.09. The van der Waals surface area contributed by atoms with E-state index < -0.39 is 0 Å². The third-order valence-electron chi connectivity index (χ3n) is 2.96. The Kier molecular flexibility index (Phi) is 3.55. The number of hydrogen-bond acceptors (Lipinski definition) is 1. The molecule has 15 heavy (non-hydrogen) atoms. The van der Waals surface area contributed by atoms with Crippen molar-refractivity contribution in [2.75, 3.05) is 19.1 Å². The molecule has 82 valence electrons. The Bertz CT molecular complexity index is 315. The van der Waals surface area contributed by atoms with Gasteiger partial charge >= 0.3 is 0 Å². The van der Waals surface area contributed by atoms with Crippen LogP contribution in [0.25, 0.3) is 0 Å². The van der Waals surface area contributed by atoms with Gasteiger partial charge in [-0.15, -0.1) is 11.6 Å². The molecule has 0 spiro atoms. The van der Waals surface area contributed by atoms with Crippen molar-refractivity contribution in [1.29, 1.82) is 0 Å². The lowest BCUT2D eigenvalue weighted by Crippen LogP contribution is -2.26. The zero-order valence-electron chi connectivity index (χ0n) is 8.51. The van der Waals surface area contributed by atoms with Gasteiger partial charge in [-0.2, -0.15) is 0 Å². The zero-order chi connectivity index (χ0) is 10.7. The maximum atomic E-state index is 6.04. The highest BCUT2D eigenvalue weighted by Crippen LogP contribution is 2.34. The lowest BCUT2D eigenvalue weighted by atomic mass is 9.83. The summed E-state index contributed by atoms with van der Waals surface area (Å²) in [6, 6.07) is 7.98. The smallest absolute Gasteiger partial charge is 0.0537 e. The summed E-state index contributed by atoms with van der Waals surface area (Å²) >= 11 is 11.9. The van der Waals surface area contributed by atoms with Crippen LogP contribution in [-0.2, 0) is 11.2 Å². The molecule has 0 radical (unpaired) electrons. The van der Waals surface area contributed by atoms with Crippen LogP contribution < -0.4 is 0 Å². The summed E-state index contributed by atoms with van der Waals surface area (Å²) in [5.41, 5.74) is 1.42. The third-order valence-corrected chi connectivity index (χ3v) is 3.78. The molecule has 1 unspecified atom stereocenters. The first-order valence-electron chi connectivity index (χ1n) is 5.12. The average Bonchev–Trinajstić information content (AvgIpc) is 2.71. The molecule has 0 bridgehead atoms. The lowest BCUT2D eigenvalue weighted by Gasteiger charge is -2.24. The van der Waals surface area contributed by atoms with E-state index in [1.165, 1.54) is 5.56 Å². The van der Waals surface area contributed by atoms with E-state index in [9.17, 15) is 0 Å². The maximum absolute atomic E-state index is 6.04. The van der Waals surface area contributed by atoms with Crippen molar-refractivity contribution in [2.24, 2.45) is 5.41 Å². The van der Waals surface area contributed by atoms with Gasteiger partial charge in [0.05, 0.1) is 6.61 Å². The minimum atomic E-state index is 0.134. The highest BCUT2D eigenvalue weighted by molar-refractivity contribution is 6.30. The van der Waals surface area contributed by atoms with E-state index in [4.69, 9.17) is 27.9 Å². The molecule has 1 aliphatic heterocycles. The third kappa shape index (κ3) is 2.66. The van der Waals surface area contributed by atoms with Crippen LogP contribution in [0.3, 0.4) is 0 Å². The van der Waals surface area contributed by atoms with Crippen molar-refractivity contribution >= 4 is 23.2 Å². The molecule has 0 amide bonds. The zero-order valence-corrected chi connectivity index (χ0v) is 10.0. The van der Waals surface area contributed by atoms with Gasteiger partial charge in [0, 0.05) is 22.9 Å². The van der Waals surface area contributed by atoms with Crippen LogP contribution in [0.2, 0.25) is 5.02 Å². The van der Waals surface area contributed by atoms with Gasteiger partial charge in [-0.05, 0) is 30.5 Å². The second-order valence-corrected chi connectivity index (χ2v) is 4.94. The summed E-state index contributed by atoms with van der Waals surface area (Å²) in [5.74, 6) is 0.662. The number of ether oxygens (including phenoxy) is 1. The van der Waals surface area contributed by atoms with E-state index in [1.807, 2.05) is 12.1 Å². The van der Waals surface area contributed by atoms with Gasteiger partial charge in [0.1, 0.15) is 0 Å². The highest BCUT2D eigenvalue weighted by atomic mass is 35.5. The molecule has 1 aromatic carbocycles. The number of alkyl halides is 1. The van der Waals surface area contributed by atoms with Crippen LogP contribution in [0.4, 0.5) is 0 Å². The van der Waals surface area contributed by atoms with Crippen molar-refractivity contribution in [3.63, 3.8) is 0 Å². The summed E-state index contributed by atoms with van der Waals surface area (Å²) in [4.78, 5) is 0. The Hall–Kier alpha value is -0.240. The monoisotopic (exact) mass is 244 g/mol. The van der Waals surface area contributed by atoms with Crippen molar-refractivity contribution < 1.29 is 4.74 Å². The fourth-order valence-electron chi connectivity index (χ4n) is 1.98. The molecule has 1 aliphatic rings. The second kappa shape index (κ2) is 4.73. The average molecular weight is 245 g/mol. The van der Waals surface area contributed by atoms with Gasteiger partial charge in [-0.3, -0.25) is 0 Å². The van der Waals surface area contributed by atoms with Gasteiger partial charge in [0.15, 0.2) is 0 Å². The molecule has 2 rings (SSSR count). The maximum Gasteiger partial charge on any atom is 0.0537 e. The molecular weight excluding hydrogens is 231 g/mol. The van der Waals surface area contributed by atoms with Gasteiger partial charge in [0.2, 0.25) is 0 Å². The van der Waals surface area contributed by atoms with Crippen molar-refractivity contribution in [3.05, 3.63) is 34.9 Å². The number of benzene rings is 1. The molecule has 1 fully saturated rings. The standard InChI is InChI=1S/C12H14Cl2O/c13-8-12(5-6-15-9-12)7-10-1-3-11(14)4-2-10/h1-4H,5-9H2. The molecular formula is C12H14Cl2O. The van der Waals surface area contributed by atoms with Gasteiger partial charge < -0.3 is 4.74 Å². The Morgan fingerprint density at radius 3 is 2.53 bits per heavy atom. The minimum absolute atomic E-state index is 0.134. The molecule has 1 saturated heterocycles. The quantitative estimate of drug-likeness (QED) is 0.740. The van der Waals surface area contributed by atoms with Crippen LogP contribution in [0, 0.1) is 5.41 Å². The van der Waals surface area contributed by atoms with E-state index in [-0.39, 0.29) is 5.41 Å². The summed E-state index contributed by atoms with van der Waals surface area (Å²) < 4.78 is 5.44. The Labute approximate surface area is 100 Å². The first kappa shape index (κ1) is 11.3. The van der Waals surface area contributed by atoms with Crippen LogP contribution in [0.1, 0.15) is 12.0 Å². The lowest BCUT2D eigenvalue weighted by molar-refractivity contribution is 0.161. The number of rotatable bonds is 3. The predicted molar refractivity (Wildman–Crippen MR) is 63.7 cm³/mol. The fourth-order valence-corrected chi connectivity index (χ4v) is 2.41. The summed E-state index contributed by atoms with van der Waals surface area (Å²) in [6.45, 7) is 1.61. The van der Waals surface area contributed by atoms with Crippen LogP contribution in [0.15, 0.2) is 24.3 Å². The summed E-state index contributed by atoms with van der Waals surface area (Å²) in [7, 11) is 0. The Morgan fingerprint density at radius 2 is 2.00 bits per heavy atom. The molecule has 1 aromatic rings. The van der Waals surface area contributed by atoms with Gasteiger partial charge in [-0.1, -0.05) is 23.7 Å². The molecule has 1 nitrogen and oxygen atoms in total. The number of halogens is 2. The first-order chi connectivity index (χ1) is 7.24. The molecule has 0 saturated carbocycles. The largest absolute Gasteiger partial charge is 0.381 e. The van der Waals surface area contributed by atoms with Gasteiger partial charge in [0.25, 0.3) is 0 Å². The summed E-state index contributed by atoms with van der Waals surface area (Å²) in [6.07, 6.45) is 2.03. The van der Waals surface area contributed by atoms with Gasteiger partial charge in [-0.25, -0.2) is 0 Å². The molecule has 1 atom stereocenters. The van der Waals surface area contributed by atoms with E-state index in [0.29, 0.717) is 5.88 Å². The van der Waals surface area contributed by atoms with Crippen LogP contribution in [0.5, 0.6) is 0 Å². The molecule has 3 heteroatoms. The summed E-state index contributed by atoms with van der Waals surface area (Å²) in [5, 5.41) is 0.779. The Morgan fingerprint density at radius 1 is 1.27 bits per heavy atom. The van der Waals surface area contributed by atoms with E-state index in [1.54, 1.807) is 0 Å². The predicted octanol–water partition coefficient (Wildman–Crippen LogP) is 3.53. The first-order valence-corrected chi connectivity index (χ1v) is 6.04. The normalized spacial score (nSPS) is 25.7. The molecule has 1 heterocycles. The van der Waals surface area contributed by atoms with Crippen LogP contribution in [-0.4, -0.2) is 19.1 Å². The van der Waals surface area contributed by atoms with E-state index in [0.717, 1.165) is 31.1 Å². The molecule has 0 aromatic heterocycles.